The second kappa shape index (κ2) is 9.00. The Bertz CT molecular complexity index is 940. The van der Waals surface area contributed by atoms with E-state index in [0.29, 0.717) is 5.69 Å². The molecule has 2 aromatic carbocycles. The van der Waals surface area contributed by atoms with Gasteiger partial charge in [-0.2, -0.15) is 0 Å². The quantitative estimate of drug-likeness (QED) is 0.700. The Morgan fingerprint density at radius 2 is 1.63 bits per heavy atom. The fourth-order valence-corrected chi connectivity index (χ4v) is 5.00. The first-order valence-electron chi connectivity index (χ1n) is 10.2. The maximum Gasteiger partial charge on any atom is 0.247 e. The van der Waals surface area contributed by atoms with Crippen molar-refractivity contribution in [3.63, 3.8) is 0 Å². The molecule has 2 aromatic rings. The first kappa shape index (κ1) is 20.6. The molecule has 2 fully saturated rings. The second-order valence-corrected chi connectivity index (χ2v) is 8.98. The number of carbonyl (C=O) groups is 3. The minimum absolute atomic E-state index is 0.0709. The van der Waals surface area contributed by atoms with Crippen LogP contribution in [-0.2, 0) is 14.4 Å². The van der Waals surface area contributed by atoms with Gasteiger partial charge in [-0.1, -0.05) is 19.3 Å². The second-order valence-electron chi connectivity index (χ2n) is 7.70. The highest BCUT2D eigenvalue weighted by Crippen LogP contribution is 2.34. The molecule has 1 atom stereocenters. The first-order chi connectivity index (χ1) is 14.5. The topological polar surface area (TPSA) is 66.5 Å². The van der Waals surface area contributed by atoms with Crippen molar-refractivity contribution in [1.82, 2.24) is 0 Å². The van der Waals surface area contributed by atoms with E-state index in [1.165, 1.54) is 42.4 Å². The summed E-state index contributed by atoms with van der Waals surface area (Å²) in [7, 11) is 0. The van der Waals surface area contributed by atoms with E-state index in [9.17, 15) is 18.8 Å². The zero-order chi connectivity index (χ0) is 21.1. The van der Waals surface area contributed by atoms with Crippen molar-refractivity contribution in [1.29, 1.82) is 0 Å². The number of imide groups is 1. The predicted molar refractivity (Wildman–Crippen MR) is 115 cm³/mol. The van der Waals surface area contributed by atoms with Crippen molar-refractivity contribution in [3.8, 4) is 0 Å². The molecular weight excluding hydrogens is 403 g/mol. The van der Waals surface area contributed by atoms with Crippen LogP contribution in [0.15, 0.2) is 53.4 Å². The molecule has 3 amide bonds. The minimum atomic E-state index is -0.523. The third kappa shape index (κ3) is 4.56. The van der Waals surface area contributed by atoms with E-state index >= 15 is 0 Å². The van der Waals surface area contributed by atoms with E-state index in [2.05, 4.69) is 5.32 Å². The minimum Gasteiger partial charge on any atom is -0.326 e. The normalized spacial score (nSPS) is 19.9. The lowest BCUT2D eigenvalue weighted by molar-refractivity contribution is -0.122. The Labute approximate surface area is 179 Å². The van der Waals surface area contributed by atoms with Crippen LogP contribution in [0.3, 0.4) is 0 Å². The van der Waals surface area contributed by atoms with Gasteiger partial charge in [0, 0.05) is 22.9 Å². The number of hydrogen-bond acceptors (Lipinski definition) is 4. The standard InChI is InChI=1S/C23H23FN2O3S/c24-16-6-10-18(11-7-16)26-21(27)14-20(23(26)29)30-19-12-8-17(9-13-19)25-22(28)15-4-2-1-3-5-15/h6-13,15,20H,1-5,14H2,(H,25,28). The molecule has 0 spiro atoms. The number of rotatable bonds is 5. The van der Waals surface area contributed by atoms with Gasteiger partial charge < -0.3 is 5.32 Å². The molecule has 1 saturated carbocycles. The van der Waals surface area contributed by atoms with E-state index < -0.39 is 11.1 Å². The molecule has 7 heteroatoms. The smallest absolute Gasteiger partial charge is 0.247 e. The van der Waals surface area contributed by atoms with Crippen molar-refractivity contribution < 1.29 is 18.8 Å². The fraction of sp³-hybridized carbons (Fsp3) is 0.348. The van der Waals surface area contributed by atoms with Crippen LogP contribution in [0.1, 0.15) is 38.5 Å². The molecule has 1 N–H and O–H groups in total. The molecule has 0 aromatic heterocycles. The molecular formula is C23H23FN2O3S. The average molecular weight is 427 g/mol. The lowest BCUT2D eigenvalue weighted by Gasteiger charge is -2.20. The Balaban J connectivity index is 1.37. The zero-order valence-electron chi connectivity index (χ0n) is 16.5. The van der Waals surface area contributed by atoms with E-state index in [4.69, 9.17) is 0 Å². The summed E-state index contributed by atoms with van der Waals surface area (Å²) >= 11 is 1.32. The number of amides is 3. The van der Waals surface area contributed by atoms with Crippen LogP contribution in [-0.4, -0.2) is 23.0 Å². The molecule has 2 aliphatic rings. The highest BCUT2D eigenvalue weighted by molar-refractivity contribution is 8.00. The molecule has 0 radical (unpaired) electrons. The van der Waals surface area contributed by atoms with E-state index in [1.807, 2.05) is 24.3 Å². The molecule has 156 valence electrons. The van der Waals surface area contributed by atoms with Gasteiger partial charge in [-0.05, 0) is 61.4 Å². The molecule has 5 nitrogen and oxygen atoms in total. The highest BCUT2D eigenvalue weighted by atomic mass is 32.2. The van der Waals surface area contributed by atoms with Gasteiger partial charge in [0.2, 0.25) is 17.7 Å². The van der Waals surface area contributed by atoms with Gasteiger partial charge in [0.15, 0.2) is 0 Å². The monoisotopic (exact) mass is 426 g/mol. The number of nitrogens with one attached hydrogen (secondary N) is 1. The summed E-state index contributed by atoms with van der Waals surface area (Å²) in [6, 6.07) is 12.7. The summed E-state index contributed by atoms with van der Waals surface area (Å²) in [6.07, 6.45) is 5.41. The number of hydrogen-bond donors (Lipinski definition) is 1. The van der Waals surface area contributed by atoms with E-state index in [-0.39, 0.29) is 30.1 Å². The predicted octanol–water partition coefficient (Wildman–Crippen LogP) is 4.77. The lowest BCUT2D eigenvalue weighted by atomic mass is 9.88. The average Bonchev–Trinajstić information content (AvgIpc) is 3.04. The van der Waals surface area contributed by atoms with Gasteiger partial charge in [-0.25, -0.2) is 9.29 Å². The van der Waals surface area contributed by atoms with Gasteiger partial charge in [0.05, 0.1) is 10.9 Å². The third-order valence-corrected chi connectivity index (χ3v) is 6.76. The molecule has 0 bridgehead atoms. The molecule has 1 aliphatic carbocycles. The van der Waals surface area contributed by atoms with Gasteiger partial charge in [-0.15, -0.1) is 11.8 Å². The van der Waals surface area contributed by atoms with Crippen molar-refractivity contribution in [2.75, 3.05) is 10.2 Å². The van der Waals surface area contributed by atoms with Crippen LogP contribution < -0.4 is 10.2 Å². The van der Waals surface area contributed by atoms with Gasteiger partial charge in [-0.3, -0.25) is 14.4 Å². The van der Waals surface area contributed by atoms with Crippen LogP contribution in [0.2, 0.25) is 0 Å². The largest absolute Gasteiger partial charge is 0.326 e. The van der Waals surface area contributed by atoms with Gasteiger partial charge in [0.1, 0.15) is 5.82 Å². The van der Waals surface area contributed by atoms with Gasteiger partial charge in [0.25, 0.3) is 0 Å². The molecule has 1 heterocycles. The number of carbonyl (C=O) groups excluding carboxylic acids is 3. The fourth-order valence-electron chi connectivity index (χ4n) is 3.95. The summed E-state index contributed by atoms with van der Waals surface area (Å²) in [5, 5.41) is 2.45. The van der Waals surface area contributed by atoms with Crippen molar-refractivity contribution in [3.05, 3.63) is 54.3 Å². The third-order valence-electron chi connectivity index (χ3n) is 5.57. The summed E-state index contributed by atoms with van der Waals surface area (Å²) in [5.41, 5.74) is 1.12. The molecule has 30 heavy (non-hydrogen) atoms. The summed E-state index contributed by atoms with van der Waals surface area (Å²) in [6.45, 7) is 0. The summed E-state index contributed by atoms with van der Waals surface area (Å²) in [4.78, 5) is 39.4. The number of anilines is 2. The molecule has 1 saturated heterocycles. The highest BCUT2D eigenvalue weighted by Gasteiger charge is 2.40. The van der Waals surface area contributed by atoms with Crippen molar-refractivity contribution >= 4 is 40.9 Å². The van der Waals surface area contributed by atoms with Crippen LogP contribution >= 0.6 is 11.8 Å². The maximum atomic E-state index is 13.1. The number of thioether (sulfide) groups is 1. The van der Waals surface area contributed by atoms with Crippen molar-refractivity contribution in [2.24, 2.45) is 5.92 Å². The summed E-state index contributed by atoms with van der Waals surface area (Å²) in [5.74, 6) is -0.847. The Morgan fingerprint density at radius 1 is 0.967 bits per heavy atom. The number of nitrogens with zero attached hydrogens (tertiary/aromatic N) is 1. The first-order valence-corrected chi connectivity index (χ1v) is 11.1. The van der Waals surface area contributed by atoms with Crippen LogP contribution in [0, 0.1) is 11.7 Å². The van der Waals surface area contributed by atoms with Crippen LogP contribution in [0.4, 0.5) is 15.8 Å². The van der Waals surface area contributed by atoms with E-state index in [0.717, 1.165) is 41.2 Å². The zero-order valence-corrected chi connectivity index (χ0v) is 17.3. The number of benzene rings is 2. The molecule has 1 aliphatic heterocycles. The van der Waals surface area contributed by atoms with Crippen molar-refractivity contribution in [2.45, 2.75) is 48.7 Å². The Kier molecular flexibility index (Phi) is 6.18. The molecule has 1 unspecified atom stereocenters. The van der Waals surface area contributed by atoms with Crippen LogP contribution in [0.25, 0.3) is 0 Å². The van der Waals surface area contributed by atoms with E-state index in [1.54, 1.807) is 0 Å². The Hall–Kier alpha value is -2.67. The number of halogens is 1. The molecule has 4 rings (SSSR count). The van der Waals surface area contributed by atoms with Gasteiger partial charge >= 0.3 is 0 Å². The van der Waals surface area contributed by atoms with Crippen LogP contribution in [0.5, 0.6) is 0 Å². The lowest BCUT2D eigenvalue weighted by Crippen LogP contribution is -2.31. The SMILES string of the molecule is O=C(Nc1ccc(SC2CC(=O)N(c3ccc(F)cc3)C2=O)cc1)C1CCCCC1. The Morgan fingerprint density at radius 3 is 2.30 bits per heavy atom. The summed E-state index contributed by atoms with van der Waals surface area (Å²) < 4.78 is 13.1. The maximum absolute atomic E-state index is 13.1.